The Morgan fingerprint density at radius 2 is 1.81 bits per heavy atom. The Labute approximate surface area is 230 Å². The fourth-order valence-corrected chi connectivity index (χ4v) is 7.11. The molecule has 0 unspecified atom stereocenters. The predicted octanol–water partition coefficient (Wildman–Crippen LogP) is 5.91. The highest BCUT2D eigenvalue weighted by atomic mass is 79.9. The lowest BCUT2D eigenvalue weighted by Crippen LogP contribution is -2.38. The van der Waals surface area contributed by atoms with Crippen molar-refractivity contribution < 1.29 is 0 Å². The number of halogens is 2. The first-order chi connectivity index (χ1) is 17.4. The van der Waals surface area contributed by atoms with E-state index >= 15 is 0 Å². The summed E-state index contributed by atoms with van der Waals surface area (Å²) in [5.41, 5.74) is 7.92. The minimum Gasteiger partial charge on any atom is -0.377 e. The lowest BCUT2D eigenvalue weighted by Gasteiger charge is -2.30. The summed E-state index contributed by atoms with van der Waals surface area (Å²) >= 11 is 8.69. The molecule has 1 aliphatic heterocycles. The average Bonchev–Trinajstić information content (AvgIpc) is 3.17. The number of anilines is 1. The van der Waals surface area contributed by atoms with E-state index in [2.05, 4.69) is 85.3 Å². The third-order valence-electron chi connectivity index (χ3n) is 6.81. The molecule has 3 aromatic carbocycles. The van der Waals surface area contributed by atoms with Crippen LogP contribution in [0, 0.1) is 0 Å². The summed E-state index contributed by atoms with van der Waals surface area (Å²) in [5, 5.41) is 0. The quantitative estimate of drug-likeness (QED) is 0.286. The van der Waals surface area contributed by atoms with Crippen molar-refractivity contribution in [3.63, 3.8) is 0 Å². The van der Waals surface area contributed by atoms with Crippen LogP contribution in [0.15, 0.2) is 91.0 Å². The molecule has 0 bridgehead atoms. The highest BCUT2D eigenvalue weighted by molar-refractivity contribution is 9.10. The van der Waals surface area contributed by atoms with E-state index in [-0.39, 0.29) is 11.6 Å². The minimum atomic E-state index is -0.164. The van der Waals surface area contributed by atoms with Gasteiger partial charge in [0.2, 0.25) is 0 Å². The maximum absolute atomic E-state index is 13.9. The van der Waals surface area contributed by atoms with Crippen LogP contribution in [0.5, 0.6) is 0 Å². The average molecular weight is 621 g/mol. The van der Waals surface area contributed by atoms with Gasteiger partial charge in [0, 0.05) is 28.6 Å². The number of aromatic nitrogens is 1. The van der Waals surface area contributed by atoms with Gasteiger partial charge >= 0.3 is 0 Å². The smallest absolute Gasteiger partial charge is 0.271 e. The molecule has 2 heterocycles. The van der Waals surface area contributed by atoms with Gasteiger partial charge in [0.15, 0.2) is 4.80 Å². The third kappa shape index (κ3) is 4.03. The Balaban J connectivity index is 1.58. The fourth-order valence-electron chi connectivity index (χ4n) is 5.09. The first kappa shape index (κ1) is 23.6. The maximum atomic E-state index is 13.9. The van der Waals surface area contributed by atoms with Gasteiger partial charge in [-0.2, -0.15) is 0 Å². The number of hydrogen-bond donors (Lipinski definition) is 0. The lowest BCUT2D eigenvalue weighted by atomic mass is 9.83. The molecule has 1 atom stereocenters. The molecule has 4 nitrogen and oxygen atoms in total. The van der Waals surface area contributed by atoms with Crippen LogP contribution in [0.3, 0.4) is 0 Å². The summed E-state index contributed by atoms with van der Waals surface area (Å²) < 4.78 is 4.60. The Morgan fingerprint density at radius 3 is 2.56 bits per heavy atom. The summed E-state index contributed by atoms with van der Waals surface area (Å²) in [5.74, 6) is 0. The predicted molar refractivity (Wildman–Crippen MR) is 155 cm³/mol. The molecule has 6 rings (SSSR count). The van der Waals surface area contributed by atoms with Crippen molar-refractivity contribution in [2.24, 2.45) is 4.99 Å². The Hall–Kier alpha value is -2.74. The van der Waals surface area contributed by atoms with Gasteiger partial charge < -0.3 is 4.90 Å². The summed E-state index contributed by atoms with van der Waals surface area (Å²) in [6.07, 6.45) is 3.82. The van der Waals surface area contributed by atoms with Crippen molar-refractivity contribution >= 4 is 60.7 Å². The lowest BCUT2D eigenvalue weighted by molar-refractivity contribution is 0.585. The molecule has 2 aliphatic rings. The second-order valence-corrected chi connectivity index (χ2v) is 12.0. The van der Waals surface area contributed by atoms with Gasteiger partial charge in [-0.25, -0.2) is 4.99 Å². The second kappa shape index (κ2) is 9.29. The SMILES string of the molecule is CN(C)c1ccc(/C=c2\sc3n(c2=O)[C@H](c2ccc(Br)cc2)C2=C(N=3)c3ccccc3CC2)cc1Br. The molecule has 180 valence electrons. The topological polar surface area (TPSA) is 37.6 Å². The van der Waals surface area contributed by atoms with Crippen molar-refractivity contribution in [3.8, 4) is 0 Å². The van der Waals surface area contributed by atoms with Gasteiger partial charge in [-0.05, 0) is 81.4 Å². The summed E-state index contributed by atoms with van der Waals surface area (Å²) in [7, 11) is 4.03. The number of benzene rings is 3. The molecule has 4 aromatic rings. The molecular formula is C29H23Br2N3OS. The first-order valence-corrected chi connectivity index (χ1v) is 14.2. The zero-order valence-electron chi connectivity index (χ0n) is 19.8. The van der Waals surface area contributed by atoms with Gasteiger partial charge in [-0.3, -0.25) is 9.36 Å². The van der Waals surface area contributed by atoms with Crippen LogP contribution in [0.25, 0.3) is 11.8 Å². The van der Waals surface area contributed by atoms with Gasteiger partial charge in [-0.15, -0.1) is 0 Å². The van der Waals surface area contributed by atoms with E-state index in [4.69, 9.17) is 4.99 Å². The number of thiazole rings is 1. The standard InChI is InChI=1S/C29H23Br2N3OS/c1-33(2)24-14-7-17(15-23(24)31)16-25-28(35)34-27(19-8-11-20(30)12-9-19)22-13-10-18-5-3-4-6-21(18)26(22)32-29(34)36-25/h3-9,11-12,14-16,27H,10,13H2,1-2H3/b25-16-/t27-/m1/s1. The number of hydrogen-bond acceptors (Lipinski definition) is 4. The minimum absolute atomic E-state index is 0.00452. The van der Waals surface area contributed by atoms with E-state index in [0.717, 1.165) is 49.1 Å². The second-order valence-electron chi connectivity index (χ2n) is 9.27. The van der Waals surface area contributed by atoms with Crippen molar-refractivity contribution in [2.45, 2.75) is 18.9 Å². The Kier molecular flexibility index (Phi) is 6.10. The van der Waals surface area contributed by atoms with Gasteiger partial charge in [-0.1, -0.05) is 69.7 Å². The molecule has 36 heavy (non-hydrogen) atoms. The van der Waals surface area contributed by atoms with E-state index in [1.165, 1.54) is 28.0 Å². The van der Waals surface area contributed by atoms with Crippen LogP contribution in [-0.4, -0.2) is 18.7 Å². The molecule has 0 N–H and O–H groups in total. The molecule has 7 heteroatoms. The van der Waals surface area contributed by atoms with Crippen molar-refractivity contribution in [2.75, 3.05) is 19.0 Å². The fraction of sp³-hybridized carbons (Fsp3) is 0.172. The van der Waals surface area contributed by atoms with Gasteiger partial charge in [0.1, 0.15) is 0 Å². The number of aryl methyl sites for hydroxylation is 1. The van der Waals surface area contributed by atoms with Crippen LogP contribution in [0.1, 0.15) is 34.7 Å². The Bertz CT molecular complexity index is 1710. The molecule has 0 spiro atoms. The molecule has 0 saturated carbocycles. The van der Waals surface area contributed by atoms with Crippen LogP contribution in [0.2, 0.25) is 0 Å². The van der Waals surface area contributed by atoms with Crippen molar-refractivity contribution in [3.05, 3.63) is 123 Å². The molecule has 1 aromatic heterocycles. The molecule has 0 radical (unpaired) electrons. The van der Waals surface area contributed by atoms with E-state index in [1.54, 1.807) is 0 Å². The van der Waals surface area contributed by atoms with Crippen LogP contribution in [-0.2, 0) is 6.42 Å². The van der Waals surface area contributed by atoms with E-state index in [1.807, 2.05) is 42.9 Å². The number of fused-ring (bicyclic) bond motifs is 3. The van der Waals surface area contributed by atoms with Crippen molar-refractivity contribution in [1.82, 2.24) is 4.57 Å². The number of rotatable bonds is 3. The summed E-state index contributed by atoms with van der Waals surface area (Å²) in [4.78, 5) is 21.8. The normalized spacial score (nSPS) is 16.8. The molecule has 0 saturated heterocycles. The Morgan fingerprint density at radius 1 is 1.03 bits per heavy atom. The van der Waals surface area contributed by atoms with Gasteiger partial charge in [0.25, 0.3) is 5.56 Å². The molecule has 0 amide bonds. The highest BCUT2D eigenvalue weighted by Crippen LogP contribution is 2.41. The van der Waals surface area contributed by atoms with Crippen molar-refractivity contribution in [1.29, 1.82) is 0 Å². The first-order valence-electron chi connectivity index (χ1n) is 11.8. The van der Waals surface area contributed by atoms with Gasteiger partial charge in [0.05, 0.1) is 22.0 Å². The summed E-state index contributed by atoms with van der Waals surface area (Å²) in [6, 6.07) is 22.8. The largest absolute Gasteiger partial charge is 0.377 e. The highest BCUT2D eigenvalue weighted by Gasteiger charge is 2.32. The molecule has 1 aliphatic carbocycles. The van der Waals surface area contributed by atoms with E-state index in [9.17, 15) is 4.79 Å². The van der Waals surface area contributed by atoms with Crippen LogP contribution >= 0.6 is 43.2 Å². The zero-order valence-corrected chi connectivity index (χ0v) is 23.8. The number of nitrogens with zero attached hydrogens (tertiary/aromatic N) is 3. The van der Waals surface area contributed by atoms with E-state index in [0.29, 0.717) is 4.53 Å². The van der Waals surface area contributed by atoms with Crippen LogP contribution in [0.4, 0.5) is 5.69 Å². The maximum Gasteiger partial charge on any atom is 0.271 e. The van der Waals surface area contributed by atoms with E-state index < -0.39 is 0 Å². The van der Waals surface area contributed by atoms with Crippen LogP contribution < -0.4 is 19.8 Å². The summed E-state index contributed by atoms with van der Waals surface area (Å²) in [6.45, 7) is 0. The zero-order chi connectivity index (χ0) is 25.0. The molecule has 0 fully saturated rings. The molecular weight excluding hydrogens is 598 g/mol. The third-order valence-corrected chi connectivity index (χ3v) is 8.96. The number of allylic oxidation sites excluding steroid dienone is 1. The monoisotopic (exact) mass is 619 g/mol.